The minimum absolute atomic E-state index is 0.00235. The molecule has 4 rings (SSSR count). The molecule has 2 aliphatic carbocycles. The van der Waals surface area contributed by atoms with E-state index in [1.807, 2.05) is 0 Å². The van der Waals surface area contributed by atoms with Gasteiger partial charge in [-0.1, -0.05) is 62.2 Å². The van der Waals surface area contributed by atoms with E-state index in [0.717, 1.165) is 6.42 Å². The monoisotopic (exact) mass is 511 g/mol. The lowest BCUT2D eigenvalue weighted by Crippen LogP contribution is -2.37. The number of hydrogen-bond donors (Lipinski definition) is 0. The first-order valence-electron chi connectivity index (χ1n) is 9.27. The molecule has 2 bridgehead atoms. The van der Waals surface area contributed by atoms with Gasteiger partial charge in [0, 0.05) is 21.8 Å². The molecule has 0 unspecified atom stereocenters. The van der Waals surface area contributed by atoms with Crippen molar-refractivity contribution < 1.29 is 23.9 Å². The Balaban J connectivity index is 1.31. The molecule has 2 saturated carbocycles. The molecule has 148 valence electrons. The first-order chi connectivity index (χ1) is 13.4. The van der Waals surface area contributed by atoms with Gasteiger partial charge in [0.05, 0.1) is 18.3 Å². The molecule has 2 amide bonds. The number of amides is 2. The van der Waals surface area contributed by atoms with Crippen molar-refractivity contribution in [3.05, 3.63) is 35.9 Å². The van der Waals surface area contributed by atoms with Crippen LogP contribution in [0.5, 0.6) is 0 Å². The van der Waals surface area contributed by atoms with E-state index in [4.69, 9.17) is 4.74 Å². The molecule has 0 N–H and O–H groups in total. The second-order valence-electron chi connectivity index (χ2n) is 7.53. The molecule has 0 radical (unpaired) electrons. The third-order valence-electron chi connectivity index (χ3n) is 6.08. The number of nitrogens with zero attached hydrogens (tertiary/aromatic N) is 1. The van der Waals surface area contributed by atoms with Crippen molar-refractivity contribution in [2.24, 2.45) is 23.7 Å². The molecule has 28 heavy (non-hydrogen) atoms. The number of carbonyl (C=O) groups excluding carboxylic acids is 4. The Morgan fingerprint density at radius 2 is 1.57 bits per heavy atom. The van der Waals surface area contributed by atoms with E-state index in [9.17, 15) is 19.2 Å². The molecule has 3 aliphatic rings. The molecule has 1 aromatic carbocycles. The SMILES string of the molecule is O=C(CCN1C(=O)[C@@H]2[C@H]3C[C@@H]([C@@H](Br)[C@H]3Br)[C@H]2C1=O)OCC(=O)c1ccccc1. The molecule has 1 aliphatic heterocycles. The zero-order chi connectivity index (χ0) is 20.0. The number of hydrogen-bond acceptors (Lipinski definition) is 5. The topological polar surface area (TPSA) is 80.8 Å². The maximum Gasteiger partial charge on any atom is 0.308 e. The van der Waals surface area contributed by atoms with Crippen molar-refractivity contribution >= 4 is 55.4 Å². The van der Waals surface area contributed by atoms with Gasteiger partial charge in [-0.05, 0) is 18.3 Å². The fourth-order valence-electron chi connectivity index (χ4n) is 4.76. The number of rotatable bonds is 6. The summed E-state index contributed by atoms with van der Waals surface area (Å²) in [7, 11) is 0. The number of esters is 1. The normalized spacial score (nSPS) is 33.3. The third-order valence-corrected chi connectivity index (χ3v) is 9.28. The van der Waals surface area contributed by atoms with Crippen molar-refractivity contribution in [2.45, 2.75) is 22.5 Å². The summed E-state index contributed by atoms with van der Waals surface area (Å²) < 4.78 is 5.02. The highest BCUT2D eigenvalue weighted by atomic mass is 79.9. The third kappa shape index (κ3) is 3.24. The Bertz CT molecular complexity index is 797. The van der Waals surface area contributed by atoms with Crippen LogP contribution in [0.15, 0.2) is 30.3 Å². The number of alkyl halides is 2. The lowest BCUT2D eigenvalue weighted by molar-refractivity contribution is -0.145. The van der Waals surface area contributed by atoms with Gasteiger partial charge in [0.15, 0.2) is 12.4 Å². The lowest BCUT2D eigenvalue weighted by atomic mass is 9.81. The number of likely N-dealkylation sites (tertiary alicyclic amines) is 1. The van der Waals surface area contributed by atoms with Crippen molar-refractivity contribution in [1.29, 1.82) is 0 Å². The van der Waals surface area contributed by atoms with Gasteiger partial charge in [0.25, 0.3) is 0 Å². The smallest absolute Gasteiger partial charge is 0.308 e. The van der Waals surface area contributed by atoms with Gasteiger partial charge < -0.3 is 4.74 Å². The summed E-state index contributed by atoms with van der Waals surface area (Å²) in [5, 5.41) is 0. The van der Waals surface area contributed by atoms with Gasteiger partial charge in [-0.3, -0.25) is 24.1 Å². The van der Waals surface area contributed by atoms with E-state index in [-0.39, 0.29) is 70.5 Å². The molecule has 1 heterocycles. The molecule has 6 nitrogen and oxygen atoms in total. The molecule has 1 aromatic rings. The van der Waals surface area contributed by atoms with Gasteiger partial charge in [-0.25, -0.2) is 0 Å². The zero-order valence-electron chi connectivity index (χ0n) is 14.9. The van der Waals surface area contributed by atoms with Gasteiger partial charge in [-0.15, -0.1) is 0 Å². The Morgan fingerprint density at radius 1 is 1.00 bits per heavy atom. The summed E-state index contributed by atoms with van der Waals surface area (Å²) in [6, 6.07) is 8.57. The summed E-state index contributed by atoms with van der Waals surface area (Å²) in [5.41, 5.74) is 0.470. The highest BCUT2D eigenvalue weighted by molar-refractivity contribution is 9.12. The van der Waals surface area contributed by atoms with Crippen LogP contribution in [0.1, 0.15) is 23.2 Å². The summed E-state index contributed by atoms with van der Waals surface area (Å²) in [4.78, 5) is 51.1. The van der Waals surface area contributed by atoms with Crippen LogP contribution in [0, 0.1) is 23.7 Å². The predicted octanol–water partition coefficient (Wildman–Crippen LogP) is 2.58. The van der Waals surface area contributed by atoms with Crippen LogP contribution in [-0.2, 0) is 19.1 Å². The second-order valence-corrected chi connectivity index (χ2v) is 9.65. The number of carbonyl (C=O) groups is 4. The largest absolute Gasteiger partial charge is 0.457 e. The Hall–Kier alpha value is -1.54. The first-order valence-corrected chi connectivity index (χ1v) is 11.1. The summed E-state index contributed by atoms with van der Waals surface area (Å²) in [5.74, 6) is -1.52. The van der Waals surface area contributed by atoms with Crippen LogP contribution in [0.2, 0.25) is 0 Å². The predicted molar refractivity (Wildman–Crippen MR) is 107 cm³/mol. The van der Waals surface area contributed by atoms with E-state index in [0.29, 0.717) is 5.56 Å². The van der Waals surface area contributed by atoms with Crippen LogP contribution in [0.4, 0.5) is 0 Å². The van der Waals surface area contributed by atoms with Crippen LogP contribution in [0.3, 0.4) is 0 Å². The Labute approximate surface area is 179 Å². The van der Waals surface area contributed by atoms with E-state index >= 15 is 0 Å². The minimum Gasteiger partial charge on any atom is -0.457 e. The molecule has 3 fully saturated rings. The van der Waals surface area contributed by atoms with Crippen molar-refractivity contribution in [3.8, 4) is 0 Å². The Morgan fingerprint density at radius 3 is 2.14 bits per heavy atom. The highest BCUT2D eigenvalue weighted by Crippen LogP contribution is 2.60. The molecule has 1 saturated heterocycles. The van der Waals surface area contributed by atoms with Gasteiger partial charge in [0.1, 0.15) is 0 Å². The van der Waals surface area contributed by atoms with E-state index in [1.165, 1.54) is 4.90 Å². The van der Waals surface area contributed by atoms with Crippen molar-refractivity contribution in [3.63, 3.8) is 0 Å². The summed E-state index contributed by atoms with van der Waals surface area (Å²) in [6.07, 6.45) is 0.764. The van der Waals surface area contributed by atoms with E-state index in [1.54, 1.807) is 30.3 Å². The molecular weight excluding hydrogens is 494 g/mol. The molecule has 6 atom stereocenters. The quantitative estimate of drug-likeness (QED) is 0.253. The van der Waals surface area contributed by atoms with E-state index < -0.39 is 5.97 Å². The average Bonchev–Trinajstić information content (AvgIpc) is 3.30. The Kier molecular flexibility index (Phi) is 5.44. The number of fused-ring (bicyclic) bond motifs is 5. The van der Waals surface area contributed by atoms with Crippen LogP contribution >= 0.6 is 31.9 Å². The maximum atomic E-state index is 12.8. The number of ether oxygens (including phenoxy) is 1. The number of benzene rings is 1. The fraction of sp³-hybridized carbons (Fsp3) is 0.500. The van der Waals surface area contributed by atoms with Gasteiger partial charge >= 0.3 is 5.97 Å². The van der Waals surface area contributed by atoms with Crippen LogP contribution in [-0.4, -0.2) is 51.3 Å². The molecule has 0 spiro atoms. The number of halogens is 2. The van der Waals surface area contributed by atoms with Crippen LogP contribution < -0.4 is 0 Å². The number of Topliss-reactive ketones (excluding diaryl/α,β-unsaturated/α-hetero) is 1. The molecular formula is C20H19Br2NO5. The van der Waals surface area contributed by atoms with Gasteiger partial charge in [0.2, 0.25) is 11.8 Å². The second kappa shape index (κ2) is 7.71. The maximum absolute atomic E-state index is 12.8. The molecule has 8 heteroatoms. The minimum atomic E-state index is -0.596. The summed E-state index contributed by atoms with van der Waals surface area (Å²) >= 11 is 7.29. The number of ketones is 1. The zero-order valence-corrected chi connectivity index (χ0v) is 18.1. The highest BCUT2D eigenvalue weighted by Gasteiger charge is 2.66. The fourth-order valence-corrected chi connectivity index (χ4v) is 6.63. The first kappa shape index (κ1) is 19.8. The summed E-state index contributed by atoms with van der Waals surface area (Å²) in [6.45, 7) is -0.348. The van der Waals surface area contributed by atoms with Crippen molar-refractivity contribution in [1.82, 2.24) is 4.90 Å². The average molecular weight is 513 g/mol. The van der Waals surface area contributed by atoms with Crippen LogP contribution in [0.25, 0.3) is 0 Å². The number of imide groups is 1. The molecule has 0 aromatic heterocycles. The van der Waals surface area contributed by atoms with E-state index in [2.05, 4.69) is 31.9 Å². The van der Waals surface area contributed by atoms with Gasteiger partial charge in [-0.2, -0.15) is 0 Å². The standard InChI is InChI=1S/C20H19Br2NO5/c21-17-11-8-12(18(17)22)16-15(11)19(26)23(20(16)27)7-6-14(25)28-9-13(24)10-4-2-1-3-5-10/h1-5,11-12,15-18H,6-9H2/t11-,12-,15-,16-,17-,18+/m1/s1. The lowest BCUT2D eigenvalue weighted by Gasteiger charge is -2.28. The van der Waals surface area contributed by atoms with Crippen molar-refractivity contribution in [2.75, 3.05) is 13.2 Å².